The third-order valence-electron chi connectivity index (χ3n) is 3.10. The minimum absolute atomic E-state index is 0.416. The number of pyridine rings is 1. The maximum absolute atomic E-state index is 5.11. The third-order valence-corrected chi connectivity index (χ3v) is 4.63. The lowest BCUT2D eigenvalue weighted by Gasteiger charge is -2.22. The molecule has 0 radical (unpaired) electrons. The Labute approximate surface area is 107 Å². The first-order valence-electron chi connectivity index (χ1n) is 6.06. The molecular formula is C13H20N2OS. The number of rotatable bonds is 5. The average molecular weight is 252 g/mol. The summed E-state index contributed by atoms with van der Waals surface area (Å²) in [5.74, 6) is 1.99. The summed E-state index contributed by atoms with van der Waals surface area (Å²) in [6.45, 7) is 4.21. The van der Waals surface area contributed by atoms with Gasteiger partial charge >= 0.3 is 0 Å². The van der Waals surface area contributed by atoms with E-state index in [4.69, 9.17) is 4.74 Å². The van der Waals surface area contributed by atoms with Crippen molar-refractivity contribution in [1.82, 2.24) is 10.3 Å². The maximum atomic E-state index is 5.11. The van der Waals surface area contributed by atoms with Gasteiger partial charge < -0.3 is 10.1 Å². The van der Waals surface area contributed by atoms with E-state index in [2.05, 4.69) is 29.0 Å². The minimum atomic E-state index is 0.416. The number of nitrogens with zero attached hydrogens (tertiary/aromatic N) is 1. The second-order valence-electron chi connectivity index (χ2n) is 4.68. The van der Waals surface area contributed by atoms with Gasteiger partial charge in [0.25, 0.3) is 0 Å². The van der Waals surface area contributed by atoms with Gasteiger partial charge in [-0.1, -0.05) is 6.07 Å². The van der Waals surface area contributed by atoms with Gasteiger partial charge in [-0.15, -0.1) is 0 Å². The van der Waals surface area contributed by atoms with Crippen LogP contribution in [0, 0.1) is 0 Å². The van der Waals surface area contributed by atoms with Gasteiger partial charge in [-0.25, -0.2) is 4.98 Å². The number of aromatic nitrogens is 1. The summed E-state index contributed by atoms with van der Waals surface area (Å²) in [4.78, 5) is 4.39. The van der Waals surface area contributed by atoms with Gasteiger partial charge in [0.2, 0.25) is 5.88 Å². The zero-order valence-electron chi connectivity index (χ0n) is 10.5. The average Bonchev–Trinajstić information content (AvgIpc) is 2.77. The van der Waals surface area contributed by atoms with Gasteiger partial charge in [-0.05, 0) is 31.6 Å². The summed E-state index contributed by atoms with van der Waals surface area (Å²) in [6, 6.07) is 5.88. The van der Waals surface area contributed by atoms with Crippen LogP contribution in [0.5, 0.6) is 5.88 Å². The van der Waals surface area contributed by atoms with Crippen molar-refractivity contribution in [3.05, 3.63) is 23.9 Å². The monoisotopic (exact) mass is 252 g/mol. The van der Waals surface area contributed by atoms with E-state index in [1.807, 2.05) is 18.2 Å². The molecule has 0 saturated carbocycles. The first-order chi connectivity index (χ1) is 8.22. The van der Waals surface area contributed by atoms with Crippen LogP contribution in [-0.4, -0.2) is 29.1 Å². The number of thioether (sulfide) groups is 1. The Morgan fingerprint density at radius 3 is 3.12 bits per heavy atom. The Morgan fingerprint density at radius 2 is 2.41 bits per heavy atom. The molecule has 1 aromatic heterocycles. The highest BCUT2D eigenvalue weighted by atomic mass is 32.2. The summed E-state index contributed by atoms with van der Waals surface area (Å²) < 4.78 is 5.53. The van der Waals surface area contributed by atoms with Gasteiger partial charge in [-0.3, -0.25) is 0 Å². The number of nitrogens with one attached hydrogen (secondary N) is 1. The lowest BCUT2D eigenvalue weighted by molar-refractivity contribution is 0.395. The Balaban J connectivity index is 1.81. The number of ether oxygens (including phenoxy) is 1. The van der Waals surface area contributed by atoms with Crippen LogP contribution in [0.15, 0.2) is 18.2 Å². The van der Waals surface area contributed by atoms with Crippen molar-refractivity contribution in [2.24, 2.45) is 0 Å². The molecule has 0 amide bonds. The Hall–Kier alpha value is -0.740. The molecule has 1 unspecified atom stereocenters. The predicted molar refractivity (Wildman–Crippen MR) is 72.6 cm³/mol. The Bertz CT molecular complexity index is 364. The van der Waals surface area contributed by atoms with Crippen molar-refractivity contribution in [3.63, 3.8) is 0 Å². The smallest absolute Gasteiger partial charge is 0.213 e. The van der Waals surface area contributed by atoms with Crippen LogP contribution in [0.1, 0.15) is 25.5 Å². The van der Waals surface area contributed by atoms with Crippen LogP contribution in [-0.2, 0) is 6.54 Å². The van der Waals surface area contributed by atoms with Crippen LogP contribution in [0.3, 0.4) is 0 Å². The molecule has 0 aliphatic carbocycles. The summed E-state index contributed by atoms with van der Waals surface area (Å²) in [6.07, 6.45) is 2.66. The molecule has 2 rings (SSSR count). The quantitative estimate of drug-likeness (QED) is 0.873. The molecule has 17 heavy (non-hydrogen) atoms. The summed E-state index contributed by atoms with van der Waals surface area (Å²) in [7, 11) is 1.65. The topological polar surface area (TPSA) is 34.1 Å². The zero-order valence-corrected chi connectivity index (χ0v) is 11.3. The van der Waals surface area contributed by atoms with Crippen molar-refractivity contribution < 1.29 is 4.74 Å². The lowest BCUT2D eigenvalue weighted by atomic mass is 10.1. The molecule has 1 aliphatic heterocycles. The molecule has 2 heterocycles. The van der Waals surface area contributed by atoms with E-state index in [9.17, 15) is 0 Å². The van der Waals surface area contributed by atoms with Crippen LogP contribution in [0.4, 0.5) is 0 Å². The lowest BCUT2D eigenvalue weighted by Crippen LogP contribution is -2.32. The van der Waals surface area contributed by atoms with Crippen LogP contribution < -0.4 is 10.1 Å². The second-order valence-corrected chi connectivity index (χ2v) is 6.36. The van der Waals surface area contributed by atoms with Gasteiger partial charge in [0, 0.05) is 23.9 Å². The van der Waals surface area contributed by atoms with Gasteiger partial charge in [0.05, 0.1) is 12.8 Å². The van der Waals surface area contributed by atoms with E-state index < -0.39 is 0 Å². The molecule has 0 aromatic carbocycles. The largest absolute Gasteiger partial charge is 0.481 e. The molecule has 1 aromatic rings. The van der Waals surface area contributed by atoms with Crippen molar-refractivity contribution >= 4 is 11.8 Å². The minimum Gasteiger partial charge on any atom is -0.481 e. The number of hydrogen-bond acceptors (Lipinski definition) is 4. The van der Waals surface area contributed by atoms with Crippen molar-refractivity contribution in [2.75, 3.05) is 19.4 Å². The fourth-order valence-electron chi connectivity index (χ4n) is 2.10. The highest BCUT2D eigenvalue weighted by molar-refractivity contribution is 8.00. The summed E-state index contributed by atoms with van der Waals surface area (Å²) in [5.41, 5.74) is 1.04. The van der Waals surface area contributed by atoms with Gasteiger partial charge in [0.15, 0.2) is 0 Å². The third kappa shape index (κ3) is 3.61. The van der Waals surface area contributed by atoms with Crippen molar-refractivity contribution in [3.8, 4) is 5.88 Å². The molecule has 0 spiro atoms. The normalized spacial score (nSPS) is 23.9. The number of hydrogen-bond donors (Lipinski definition) is 1. The Morgan fingerprint density at radius 1 is 1.53 bits per heavy atom. The van der Waals surface area contributed by atoms with E-state index in [1.165, 1.54) is 18.6 Å². The highest BCUT2D eigenvalue weighted by Gasteiger charge is 2.28. The molecule has 1 aliphatic rings. The standard InChI is InChI=1S/C13H20N2OS/c1-13(7-4-8-17-13)10-14-9-11-5-3-6-12(15-11)16-2/h3,5-6,14H,4,7-10H2,1-2H3. The number of methoxy groups -OCH3 is 1. The van der Waals surface area contributed by atoms with E-state index >= 15 is 0 Å². The predicted octanol–water partition coefficient (Wildman–Crippen LogP) is 2.47. The van der Waals surface area contributed by atoms with Crippen LogP contribution in [0.25, 0.3) is 0 Å². The first-order valence-corrected chi connectivity index (χ1v) is 7.05. The summed E-state index contributed by atoms with van der Waals surface area (Å²) in [5, 5.41) is 3.50. The van der Waals surface area contributed by atoms with E-state index in [-0.39, 0.29) is 0 Å². The molecule has 3 nitrogen and oxygen atoms in total. The fourth-order valence-corrected chi connectivity index (χ4v) is 3.38. The molecule has 94 valence electrons. The van der Waals surface area contributed by atoms with Gasteiger partial charge in [-0.2, -0.15) is 11.8 Å². The van der Waals surface area contributed by atoms with E-state index in [1.54, 1.807) is 7.11 Å². The molecular weight excluding hydrogens is 232 g/mol. The maximum Gasteiger partial charge on any atom is 0.213 e. The van der Waals surface area contributed by atoms with Crippen molar-refractivity contribution in [1.29, 1.82) is 0 Å². The van der Waals surface area contributed by atoms with E-state index in [0.29, 0.717) is 10.6 Å². The first kappa shape index (κ1) is 12.7. The van der Waals surface area contributed by atoms with Crippen molar-refractivity contribution in [2.45, 2.75) is 31.1 Å². The van der Waals surface area contributed by atoms with E-state index in [0.717, 1.165) is 18.8 Å². The molecule has 0 bridgehead atoms. The SMILES string of the molecule is COc1cccc(CNCC2(C)CCCS2)n1. The fraction of sp³-hybridized carbons (Fsp3) is 0.615. The molecule has 1 fully saturated rings. The second kappa shape index (κ2) is 5.74. The molecule has 1 saturated heterocycles. The molecule has 1 N–H and O–H groups in total. The highest BCUT2D eigenvalue weighted by Crippen LogP contribution is 2.36. The van der Waals surface area contributed by atoms with Gasteiger partial charge in [0.1, 0.15) is 0 Å². The summed E-state index contributed by atoms with van der Waals surface area (Å²) >= 11 is 2.08. The Kier molecular flexibility index (Phi) is 4.29. The van der Waals surface area contributed by atoms with Crippen LogP contribution >= 0.6 is 11.8 Å². The molecule has 1 atom stereocenters. The molecule has 4 heteroatoms. The zero-order chi connectivity index (χ0) is 12.1. The van der Waals surface area contributed by atoms with Crippen LogP contribution in [0.2, 0.25) is 0 Å².